The minimum Gasteiger partial charge on any atom is -0.306 e. The third kappa shape index (κ3) is 3.89. The topological polar surface area (TPSA) is 12.0 Å². The van der Waals surface area contributed by atoms with Gasteiger partial charge in [0, 0.05) is 12.6 Å². The lowest BCUT2D eigenvalue weighted by Gasteiger charge is -2.19. The number of halogens is 3. The van der Waals surface area contributed by atoms with E-state index in [2.05, 4.69) is 11.9 Å². The van der Waals surface area contributed by atoms with Crippen LogP contribution in [-0.2, 0) is 6.18 Å². The first-order chi connectivity index (χ1) is 7.82. The average molecular weight is 243 g/mol. The molecule has 1 N–H and O–H groups in total. The Hall–Kier alpha value is -1.29. The Balaban J connectivity index is 2.93. The summed E-state index contributed by atoms with van der Waals surface area (Å²) < 4.78 is 38.3. The second kappa shape index (κ2) is 5.36. The maximum absolute atomic E-state index is 12.8. The lowest BCUT2D eigenvalue weighted by molar-refractivity contribution is -0.138. The maximum Gasteiger partial charge on any atom is 0.416 e. The molecule has 0 aliphatic heterocycles. The molecule has 0 radical (unpaired) electrons. The molecule has 4 heteroatoms. The number of hydrogen-bond donors (Lipinski definition) is 1. The fourth-order valence-corrected chi connectivity index (χ4v) is 1.57. The van der Waals surface area contributed by atoms with Crippen LogP contribution in [0.2, 0.25) is 0 Å². The molecule has 1 atom stereocenters. The summed E-state index contributed by atoms with van der Waals surface area (Å²) in [6.07, 6.45) is -4.31. The number of hydrogen-bond acceptors (Lipinski definition) is 1. The Morgan fingerprint density at radius 2 is 1.94 bits per heavy atom. The molecule has 0 saturated heterocycles. The molecular weight excluding hydrogens is 227 g/mol. The van der Waals surface area contributed by atoms with Gasteiger partial charge in [0.05, 0.1) is 5.56 Å². The molecule has 1 unspecified atom stereocenters. The van der Waals surface area contributed by atoms with Gasteiger partial charge in [0.2, 0.25) is 0 Å². The molecule has 0 bridgehead atoms. The zero-order valence-corrected chi connectivity index (χ0v) is 9.93. The lowest BCUT2D eigenvalue weighted by atomic mass is 10.0. The Labute approximate surface area is 99.3 Å². The number of nitrogens with one attached hydrogen (secondary N) is 1. The van der Waals surface area contributed by atoms with E-state index in [0.717, 1.165) is 11.6 Å². The molecule has 1 aromatic carbocycles. The quantitative estimate of drug-likeness (QED) is 0.790. The van der Waals surface area contributed by atoms with Gasteiger partial charge in [-0.05, 0) is 25.5 Å². The van der Waals surface area contributed by atoms with Crippen LogP contribution in [0.15, 0.2) is 36.4 Å². The van der Waals surface area contributed by atoms with E-state index in [9.17, 15) is 13.2 Å². The molecule has 94 valence electrons. The fourth-order valence-electron chi connectivity index (χ4n) is 1.57. The van der Waals surface area contributed by atoms with Crippen LogP contribution >= 0.6 is 0 Å². The highest BCUT2D eigenvalue weighted by molar-refractivity contribution is 5.32. The lowest BCUT2D eigenvalue weighted by Crippen LogP contribution is -2.23. The van der Waals surface area contributed by atoms with Crippen molar-refractivity contribution in [3.63, 3.8) is 0 Å². The van der Waals surface area contributed by atoms with E-state index in [4.69, 9.17) is 0 Å². The van der Waals surface area contributed by atoms with E-state index in [1.165, 1.54) is 12.1 Å². The van der Waals surface area contributed by atoms with Crippen molar-refractivity contribution in [2.45, 2.75) is 26.1 Å². The molecule has 0 aromatic heterocycles. The zero-order chi connectivity index (χ0) is 13.1. The highest BCUT2D eigenvalue weighted by Crippen LogP contribution is 2.34. The van der Waals surface area contributed by atoms with Crippen molar-refractivity contribution in [3.8, 4) is 0 Å². The summed E-state index contributed by atoms with van der Waals surface area (Å²) >= 11 is 0. The first-order valence-corrected chi connectivity index (χ1v) is 5.36. The summed E-state index contributed by atoms with van der Waals surface area (Å²) in [4.78, 5) is 0. The second-order valence-electron chi connectivity index (χ2n) is 4.14. The van der Waals surface area contributed by atoms with Gasteiger partial charge in [0.25, 0.3) is 0 Å². The summed E-state index contributed by atoms with van der Waals surface area (Å²) in [6.45, 7) is 7.76. The third-order valence-corrected chi connectivity index (χ3v) is 2.44. The minimum atomic E-state index is -4.31. The summed E-state index contributed by atoms with van der Waals surface area (Å²) in [5.41, 5.74) is 0.573. The van der Waals surface area contributed by atoms with Crippen molar-refractivity contribution in [1.82, 2.24) is 5.32 Å². The predicted molar refractivity (Wildman–Crippen MR) is 62.7 cm³/mol. The normalized spacial score (nSPS) is 13.5. The Bertz CT molecular complexity index is 396. The molecule has 1 rings (SSSR count). The van der Waals surface area contributed by atoms with Crippen molar-refractivity contribution in [2.75, 3.05) is 6.54 Å². The van der Waals surface area contributed by atoms with Gasteiger partial charge < -0.3 is 5.32 Å². The molecule has 1 nitrogen and oxygen atoms in total. The summed E-state index contributed by atoms with van der Waals surface area (Å²) in [5, 5.41) is 3.01. The van der Waals surface area contributed by atoms with Crippen LogP contribution in [0.4, 0.5) is 13.2 Å². The Kier molecular flexibility index (Phi) is 4.34. The first-order valence-electron chi connectivity index (χ1n) is 5.36. The van der Waals surface area contributed by atoms with Gasteiger partial charge >= 0.3 is 6.18 Å². The second-order valence-corrected chi connectivity index (χ2v) is 4.14. The highest BCUT2D eigenvalue weighted by atomic mass is 19.4. The molecule has 0 amide bonds. The van der Waals surface area contributed by atoms with Gasteiger partial charge in [-0.1, -0.05) is 30.4 Å². The molecule has 0 fully saturated rings. The molecule has 0 heterocycles. The van der Waals surface area contributed by atoms with E-state index in [0.29, 0.717) is 6.54 Å². The largest absolute Gasteiger partial charge is 0.416 e. The smallest absolute Gasteiger partial charge is 0.306 e. The summed E-state index contributed by atoms with van der Waals surface area (Å²) in [6, 6.07) is 5.26. The van der Waals surface area contributed by atoms with Crippen LogP contribution in [0.1, 0.15) is 31.0 Å². The van der Waals surface area contributed by atoms with Crippen LogP contribution in [0, 0.1) is 0 Å². The third-order valence-electron chi connectivity index (χ3n) is 2.44. The monoisotopic (exact) mass is 243 g/mol. The van der Waals surface area contributed by atoms with Gasteiger partial charge in [-0.25, -0.2) is 0 Å². The van der Waals surface area contributed by atoms with Crippen LogP contribution in [0.5, 0.6) is 0 Å². The van der Waals surface area contributed by atoms with Gasteiger partial charge in [-0.3, -0.25) is 0 Å². The molecule has 0 spiro atoms. The maximum atomic E-state index is 12.8. The summed E-state index contributed by atoms with van der Waals surface area (Å²) in [5.74, 6) is 0. The Morgan fingerprint density at radius 1 is 1.35 bits per heavy atom. The number of rotatable bonds is 4. The number of benzene rings is 1. The predicted octanol–water partition coefficient (Wildman–Crippen LogP) is 3.93. The standard InChI is InChI=1S/C13H16F3N/c1-9(2)8-17-10(3)11-6-4-5-7-12(11)13(14,15)16/h4-7,10,17H,1,8H2,2-3H3. The zero-order valence-electron chi connectivity index (χ0n) is 9.93. The van der Waals surface area contributed by atoms with Gasteiger partial charge in [0.15, 0.2) is 0 Å². The first kappa shape index (κ1) is 13.8. The van der Waals surface area contributed by atoms with Crippen LogP contribution in [0.25, 0.3) is 0 Å². The van der Waals surface area contributed by atoms with Crippen LogP contribution in [0.3, 0.4) is 0 Å². The molecule has 1 aromatic rings. The highest BCUT2D eigenvalue weighted by Gasteiger charge is 2.33. The van der Waals surface area contributed by atoms with Crippen molar-refractivity contribution < 1.29 is 13.2 Å². The molecule has 0 saturated carbocycles. The van der Waals surface area contributed by atoms with E-state index >= 15 is 0 Å². The molecule has 0 aliphatic carbocycles. The average Bonchev–Trinajstić information content (AvgIpc) is 2.24. The van der Waals surface area contributed by atoms with Crippen molar-refractivity contribution >= 4 is 0 Å². The summed E-state index contributed by atoms with van der Waals surface area (Å²) in [7, 11) is 0. The van der Waals surface area contributed by atoms with Gasteiger partial charge in [-0.2, -0.15) is 13.2 Å². The van der Waals surface area contributed by atoms with Crippen LogP contribution in [-0.4, -0.2) is 6.54 Å². The molecule has 17 heavy (non-hydrogen) atoms. The van der Waals surface area contributed by atoms with Crippen molar-refractivity contribution in [3.05, 3.63) is 47.5 Å². The minimum absolute atomic E-state index is 0.265. The van der Waals surface area contributed by atoms with Gasteiger partial charge in [0.1, 0.15) is 0 Å². The molecular formula is C13H16F3N. The van der Waals surface area contributed by atoms with E-state index in [1.54, 1.807) is 13.0 Å². The van der Waals surface area contributed by atoms with Crippen LogP contribution < -0.4 is 5.32 Å². The fraction of sp³-hybridized carbons (Fsp3) is 0.385. The van der Waals surface area contributed by atoms with Gasteiger partial charge in [-0.15, -0.1) is 0 Å². The van der Waals surface area contributed by atoms with Crippen molar-refractivity contribution in [2.24, 2.45) is 0 Å². The van der Waals surface area contributed by atoms with E-state index < -0.39 is 11.7 Å². The number of alkyl halides is 3. The SMILES string of the molecule is C=C(C)CNC(C)c1ccccc1C(F)(F)F. The molecule has 0 aliphatic rings. The Morgan fingerprint density at radius 3 is 2.47 bits per heavy atom. The van der Waals surface area contributed by atoms with E-state index in [1.807, 2.05) is 6.92 Å². The van der Waals surface area contributed by atoms with Crippen molar-refractivity contribution in [1.29, 1.82) is 0 Å². The van der Waals surface area contributed by atoms with E-state index in [-0.39, 0.29) is 11.6 Å².